The zero-order valence-electron chi connectivity index (χ0n) is 13.9. The predicted molar refractivity (Wildman–Crippen MR) is 81.2 cm³/mol. The van der Waals surface area contributed by atoms with E-state index in [2.05, 4.69) is 10.3 Å². The molecule has 0 spiro atoms. The summed E-state index contributed by atoms with van der Waals surface area (Å²) in [6, 6.07) is 1.45. The minimum atomic E-state index is -4.33. The van der Waals surface area contributed by atoms with Crippen LogP contribution >= 0.6 is 0 Å². The first kappa shape index (κ1) is 19.1. The topological polar surface area (TPSA) is 54.5 Å². The summed E-state index contributed by atoms with van der Waals surface area (Å²) in [5.41, 5.74) is 0.0653. The van der Waals surface area contributed by atoms with Crippen LogP contribution in [0.1, 0.15) is 33.3 Å². The molecule has 0 fully saturated rings. The van der Waals surface area contributed by atoms with Gasteiger partial charge in [0, 0.05) is 19.8 Å². The highest BCUT2D eigenvalue weighted by molar-refractivity contribution is 5.67. The van der Waals surface area contributed by atoms with Gasteiger partial charge in [-0.2, -0.15) is 13.2 Å². The Hall–Kier alpha value is -1.99. The molecule has 0 aromatic carbocycles. The molecule has 0 saturated carbocycles. The number of pyridine rings is 1. The number of hydrogen-bond acceptors (Lipinski definition) is 4. The van der Waals surface area contributed by atoms with E-state index in [0.29, 0.717) is 5.56 Å². The summed E-state index contributed by atoms with van der Waals surface area (Å²) in [6.45, 7) is 6.50. The maximum absolute atomic E-state index is 12.7. The number of amides is 1. The van der Waals surface area contributed by atoms with Crippen LogP contribution in [-0.4, -0.2) is 35.9 Å². The van der Waals surface area contributed by atoms with Gasteiger partial charge in [0.2, 0.25) is 0 Å². The fourth-order valence-electron chi connectivity index (χ4n) is 1.64. The van der Waals surface area contributed by atoms with Gasteiger partial charge in [0.25, 0.3) is 0 Å². The van der Waals surface area contributed by atoms with Gasteiger partial charge < -0.3 is 15.0 Å². The van der Waals surface area contributed by atoms with Crippen molar-refractivity contribution in [3.63, 3.8) is 0 Å². The molecule has 0 aliphatic heterocycles. The Morgan fingerprint density at radius 2 is 1.96 bits per heavy atom. The van der Waals surface area contributed by atoms with Crippen LogP contribution in [0.5, 0.6) is 0 Å². The van der Waals surface area contributed by atoms with Gasteiger partial charge in [0.05, 0.1) is 0 Å². The van der Waals surface area contributed by atoms with Crippen molar-refractivity contribution in [1.82, 2.24) is 10.3 Å². The Bertz CT molecular complexity index is 524. The zero-order valence-corrected chi connectivity index (χ0v) is 13.9. The van der Waals surface area contributed by atoms with E-state index in [1.54, 1.807) is 26.8 Å². The first-order valence-electron chi connectivity index (χ1n) is 7.11. The molecule has 1 N–H and O–H groups in total. The third-order valence-corrected chi connectivity index (χ3v) is 3.06. The molecule has 1 rings (SSSR count). The van der Waals surface area contributed by atoms with Crippen LogP contribution < -0.4 is 10.2 Å². The number of carbonyl (C=O) groups excluding carboxylic acids is 1. The number of nitrogens with zero attached hydrogens (tertiary/aromatic N) is 2. The van der Waals surface area contributed by atoms with Crippen LogP contribution in [0.25, 0.3) is 0 Å². The molecule has 5 nitrogen and oxygen atoms in total. The second-order valence-corrected chi connectivity index (χ2v) is 6.21. The molecule has 23 heavy (non-hydrogen) atoms. The number of alkyl carbamates (subject to hydrolysis) is 1. The van der Waals surface area contributed by atoms with Crippen LogP contribution in [0, 0.1) is 0 Å². The first-order valence-corrected chi connectivity index (χ1v) is 7.11. The number of alkyl halides is 3. The van der Waals surface area contributed by atoms with E-state index in [-0.39, 0.29) is 12.4 Å². The summed E-state index contributed by atoms with van der Waals surface area (Å²) in [5.74, 6) is 0.204. The van der Waals surface area contributed by atoms with E-state index in [1.165, 1.54) is 19.3 Å². The second kappa shape index (κ2) is 7.06. The molecule has 1 aromatic heterocycles. The van der Waals surface area contributed by atoms with Gasteiger partial charge >= 0.3 is 12.3 Å². The predicted octanol–water partition coefficient (Wildman–Crippen LogP) is 3.49. The minimum absolute atomic E-state index is 0.181. The van der Waals surface area contributed by atoms with Crippen molar-refractivity contribution in [2.24, 2.45) is 0 Å². The number of nitrogens with one attached hydrogen (secondary N) is 1. The number of aromatic nitrogens is 1. The standard InChI is InChI=1S/C15H22F3N3O2/c1-10(15(16,17)18)21(5)12-7-6-11(8-19-12)9-20-13(22)23-14(2,3)4/h6-8,10H,9H2,1-5H3,(H,20,22). The Morgan fingerprint density at radius 1 is 1.35 bits per heavy atom. The molecular formula is C15H22F3N3O2. The molecule has 0 radical (unpaired) electrons. The molecule has 0 aliphatic rings. The SMILES string of the molecule is CC(N(C)c1ccc(CNC(=O)OC(C)(C)C)cn1)C(F)(F)F. The van der Waals surface area contributed by atoms with Gasteiger partial charge in [-0.15, -0.1) is 0 Å². The van der Waals surface area contributed by atoms with Gasteiger partial charge in [-0.05, 0) is 39.3 Å². The largest absolute Gasteiger partial charge is 0.444 e. The number of rotatable bonds is 4. The van der Waals surface area contributed by atoms with Crippen molar-refractivity contribution >= 4 is 11.9 Å². The summed E-state index contributed by atoms with van der Waals surface area (Å²) in [6.07, 6.45) is -3.47. The molecular weight excluding hydrogens is 311 g/mol. The first-order chi connectivity index (χ1) is 10.4. The highest BCUT2D eigenvalue weighted by Gasteiger charge is 2.39. The summed E-state index contributed by atoms with van der Waals surface area (Å²) in [5, 5.41) is 2.56. The van der Waals surface area contributed by atoms with E-state index in [1.807, 2.05) is 0 Å². The highest BCUT2D eigenvalue weighted by Crippen LogP contribution is 2.26. The maximum atomic E-state index is 12.7. The molecule has 0 saturated heterocycles. The minimum Gasteiger partial charge on any atom is -0.444 e. The molecule has 0 bridgehead atoms. The van der Waals surface area contributed by atoms with Gasteiger partial charge in [-0.25, -0.2) is 9.78 Å². The van der Waals surface area contributed by atoms with Crippen molar-refractivity contribution in [3.05, 3.63) is 23.9 Å². The number of carbonyl (C=O) groups is 1. The van der Waals surface area contributed by atoms with E-state index < -0.39 is 23.9 Å². The highest BCUT2D eigenvalue weighted by atomic mass is 19.4. The Labute approximate surface area is 133 Å². The Morgan fingerprint density at radius 3 is 2.39 bits per heavy atom. The lowest BCUT2D eigenvalue weighted by Gasteiger charge is -2.27. The molecule has 1 atom stereocenters. The van der Waals surface area contributed by atoms with Crippen LogP contribution in [0.15, 0.2) is 18.3 Å². The van der Waals surface area contributed by atoms with Gasteiger partial charge in [-0.3, -0.25) is 0 Å². The summed E-state index contributed by atoms with van der Waals surface area (Å²) < 4.78 is 43.1. The molecule has 1 aromatic rings. The van der Waals surface area contributed by atoms with E-state index >= 15 is 0 Å². The van der Waals surface area contributed by atoms with E-state index in [0.717, 1.165) is 11.8 Å². The van der Waals surface area contributed by atoms with Gasteiger partial charge in [0.1, 0.15) is 17.5 Å². The van der Waals surface area contributed by atoms with Crippen molar-refractivity contribution in [3.8, 4) is 0 Å². The third kappa shape index (κ3) is 6.33. The average molecular weight is 333 g/mol. The average Bonchev–Trinajstić information content (AvgIpc) is 2.41. The fourth-order valence-corrected chi connectivity index (χ4v) is 1.64. The summed E-state index contributed by atoms with van der Waals surface area (Å²) >= 11 is 0. The van der Waals surface area contributed by atoms with Crippen molar-refractivity contribution in [2.45, 2.75) is 52.1 Å². The van der Waals surface area contributed by atoms with Crippen LogP contribution in [0.4, 0.5) is 23.8 Å². The van der Waals surface area contributed by atoms with Crippen LogP contribution in [0.3, 0.4) is 0 Å². The van der Waals surface area contributed by atoms with E-state index in [4.69, 9.17) is 4.74 Å². The second-order valence-electron chi connectivity index (χ2n) is 6.21. The number of anilines is 1. The fraction of sp³-hybridized carbons (Fsp3) is 0.600. The third-order valence-electron chi connectivity index (χ3n) is 3.06. The zero-order chi connectivity index (χ0) is 17.8. The molecule has 1 unspecified atom stereocenters. The summed E-state index contributed by atoms with van der Waals surface area (Å²) in [7, 11) is 1.33. The quantitative estimate of drug-likeness (QED) is 0.916. The number of halogens is 3. The molecule has 1 heterocycles. The Kier molecular flexibility index (Phi) is 5.85. The monoisotopic (exact) mass is 333 g/mol. The molecule has 130 valence electrons. The van der Waals surface area contributed by atoms with E-state index in [9.17, 15) is 18.0 Å². The normalized spacial score (nSPS) is 13.4. The molecule has 8 heteroatoms. The van der Waals surface area contributed by atoms with Crippen molar-refractivity contribution in [2.75, 3.05) is 11.9 Å². The van der Waals surface area contributed by atoms with Crippen molar-refractivity contribution < 1.29 is 22.7 Å². The lowest BCUT2D eigenvalue weighted by molar-refractivity contribution is -0.144. The number of hydrogen-bond donors (Lipinski definition) is 1. The lowest BCUT2D eigenvalue weighted by Crippen LogP contribution is -2.41. The van der Waals surface area contributed by atoms with Crippen LogP contribution in [-0.2, 0) is 11.3 Å². The maximum Gasteiger partial charge on any atom is 0.408 e. The van der Waals surface area contributed by atoms with Gasteiger partial charge in [0.15, 0.2) is 0 Å². The Balaban J connectivity index is 2.62. The van der Waals surface area contributed by atoms with Crippen molar-refractivity contribution in [1.29, 1.82) is 0 Å². The molecule has 0 aliphatic carbocycles. The lowest BCUT2D eigenvalue weighted by atomic mass is 10.2. The molecule has 1 amide bonds. The smallest absolute Gasteiger partial charge is 0.408 e. The van der Waals surface area contributed by atoms with Crippen LogP contribution in [0.2, 0.25) is 0 Å². The number of ether oxygens (including phenoxy) is 1. The van der Waals surface area contributed by atoms with Gasteiger partial charge in [-0.1, -0.05) is 6.07 Å². The summed E-state index contributed by atoms with van der Waals surface area (Å²) in [4.78, 5) is 16.6.